The zero-order chi connectivity index (χ0) is 18.6. The van der Waals surface area contributed by atoms with Gasteiger partial charge in [-0.25, -0.2) is 0 Å². The van der Waals surface area contributed by atoms with E-state index in [9.17, 15) is 4.79 Å². The van der Waals surface area contributed by atoms with Crippen molar-refractivity contribution in [1.29, 1.82) is 0 Å². The van der Waals surface area contributed by atoms with Gasteiger partial charge in [-0.05, 0) is 72.4 Å². The molecular formula is C18H21IN2O3S. The number of hydrogen-bond acceptors (Lipinski definition) is 4. The van der Waals surface area contributed by atoms with E-state index in [1.807, 2.05) is 32.1 Å². The number of carbonyl (C=O) groups is 1. The quantitative estimate of drug-likeness (QED) is 0.262. The molecule has 0 aromatic heterocycles. The van der Waals surface area contributed by atoms with E-state index in [4.69, 9.17) is 21.7 Å². The summed E-state index contributed by atoms with van der Waals surface area (Å²) in [4.78, 5) is 15.8. The van der Waals surface area contributed by atoms with E-state index in [-0.39, 0.29) is 5.91 Å². The number of thiocarbonyl (C=S) groups is 1. The Morgan fingerprint density at radius 3 is 2.60 bits per heavy atom. The average Bonchev–Trinajstić information content (AvgIpc) is 2.78. The van der Waals surface area contributed by atoms with Crippen LogP contribution in [0.3, 0.4) is 0 Å². The van der Waals surface area contributed by atoms with E-state index in [1.54, 1.807) is 22.9 Å². The molecule has 0 bridgehead atoms. The first kappa shape index (κ1) is 19.7. The van der Waals surface area contributed by atoms with E-state index >= 15 is 0 Å². The maximum absolute atomic E-state index is 12.5. The first-order chi connectivity index (χ1) is 11.9. The van der Waals surface area contributed by atoms with Crippen LogP contribution in [-0.2, 0) is 4.79 Å². The fraction of sp³-hybridized carbons (Fsp3) is 0.333. The van der Waals surface area contributed by atoms with Crippen LogP contribution in [0.25, 0.3) is 6.08 Å². The molecule has 0 radical (unpaired) electrons. The molecule has 1 aromatic rings. The minimum atomic E-state index is -0.0880. The van der Waals surface area contributed by atoms with E-state index in [0.29, 0.717) is 42.1 Å². The molecule has 25 heavy (non-hydrogen) atoms. The summed E-state index contributed by atoms with van der Waals surface area (Å²) in [5.74, 6) is 1.24. The van der Waals surface area contributed by atoms with E-state index < -0.39 is 0 Å². The van der Waals surface area contributed by atoms with E-state index in [0.717, 1.165) is 9.13 Å². The Morgan fingerprint density at radius 1 is 1.32 bits per heavy atom. The van der Waals surface area contributed by atoms with Crippen molar-refractivity contribution in [3.8, 4) is 11.5 Å². The Labute approximate surface area is 167 Å². The van der Waals surface area contributed by atoms with Crippen molar-refractivity contribution in [2.75, 3.05) is 26.8 Å². The monoisotopic (exact) mass is 472 g/mol. The smallest absolute Gasteiger partial charge is 0.276 e. The SMILES string of the molecule is C=CCOc1c(I)cc(C=C2C(=O)N(CC)C(=S)N2C)cc1OCC. The standard InChI is InChI=1S/C18H21IN2O3S/c1-5-8-24-16-13(19)9-12(11-15(16)23-7-3)10-14-17(22)21(6-2)18(25)20(14)4/h5,9-11H,1,6-8H2,2-4H3. The molecule has 1 amide bonds. The summed E-state index contributed by atoms with van der Waals surface area (Å²) in [6, 6.07) is 3.82. The summed E-state index contributed by atoms with van der Waals surface area (Å²) in [6.07, 6.45) is 3.51. The molecule has 1 aromatic carbocycles. The van der Waals surface area contributed by atoms with Crippen LogP contribution >= 0.6 is 34.8 Å². The van der Waals surface area contributed by atoms with Gasteiger partial charge in [-0.3, -0.25) is 9.69 Å². The molecule has 0 aliphatic carbocycles. The van der Waals surface area contributed by atoms with Gasteiger partial charge in [0.2, 0.25) is 0 Å². The number of hydrogen-bond donors (Lipinski definition) is 0. The van der Waals surface area contributed by atoms with Crippen LogP contribution in [0.5, 0.6) is 11.5 Å². The summed E-state index contributed by atoms with van der Waals surface area (Å²) in [7, 11) is 1.80. The number of likely N-dealkylation sites (N-methyl/N-ethyl adjacent to an activating group) is 2. The molecule has 0 atom stereocenters. The molecule has 1 fully saturated rings. The van der Waals surface area contributed by atoms with Gasteiger partial charge >= 0.3 is 0 Å². The molecule has 0 unspecified atom stereocenters. The van der Waals surface area contributed by atoms with Crippen molar-refractivity contribution in [2.24, 2.45) is 0 Å². The molecule has 0 saturated carbocycles. The van der Waals surface area contributed by atoms with Gasteiger partial charge in [-0.15, -0.1) is 0 Å². The highest BCUT2D eigenvalue weighted by atomic mass is 127. The maximum Gasteiger partial charge on any atom is 0.276 e. The van der Waals surface area contributed by atoms with Crippen LogP contribution in [0.2, 0.25) is 0 Å². The Bertz CT molecular complexity index is 733. The summed E-state index contributed by atoms with van der Waals surface area (Å²) in [5, 5.41) is 0.518. The lowest BCUT2D eigenvalue weighted by Gasteiger charge is -2.15. The van der Waals surface area contributed by atoms with Crippen molar-refractivity contribution in [3.05, 3.63) is 39.6 Å². The van der Waals surface area contributed by atoms with E-state index in [2.05, 4.69) is 29.2 Å². The highest BCUT2D eigenvalue weighted by molar-refractivity contribution is 14.1. The molecule has 0 spiro atoms. The number of amides is 1. The average molecular weight is 472 g/mol. The highest BCUT2D eigenvalue weighted by Crippen LogP contribution is 2.35. The minimum Gasteiger partial charge on any atom is -0.490 e. The van der Waals surface area contributed by atoms with Crippen LogP contribution in [0.15, 0.2) is 30.5 Å². The van der Waals surface area contributed by atoms with E-state index in [1.165, 1.54) is 0 Å². The third-order valence-corrected chi connectivity index (χ3v) is 4.94. The normalized spacial score (nSPS) is 15.9. The molecule has 1 aliphatic rings. The molecule has 7 heteroatoms. The maximum atomic E-state index is 12.5. The van der Waals surface area contributed by atoms with Gasteiger partial charge in [0.05, 0.1) is 10.2 Å². The van der Waals surface area contributed by atoms with Gasteiger partial charge in [-0.2, -0.15) is 0 Å². The molecule has 2 rings (SSSR count). The second-order valence-electron chi connectivity index (χ2n) is 5.28. The third kappa shape index (κ3) is 4.14. The topological polar surface area (TPSA) is 42.0 Å². The van der Waals surface area contributed by atoms with Crippen molar-refractivity contribution in [1.82, 2.24) is 9.80 Å². The largest absolute Gasteiger partial charge is 0.490 e. The summed E-state index contributed by atoms with van der Waals surface area (Å²) in [6.45, 7) is 8.96. The summed E-state index contributed by atoms with van der Waals surface area (Å²) < 4.78 is 12.3. The first-order valence-electron chi connectivity index (χ1n) is 7.95. The second-order valence-corrected chi connectivity index (χ2v) is 6.81. The number of nitrogens with zero attached hydrogens (tertiary/aromatic N) is 2. The van der Waals surface area contributed by atoms with Gasteiger partial charge in [0.1, 0.15) is 12.3 Å². The van der Waals surface area contributed by atoms with Gasteiger partial charge in [-0.1, -0.05) is 12.7 Å². The van der Waals surface area contributed by atoms with Crippen molar-refractivity contribution in [2.45, 2.75) is 13.8 Å². The van der Waals surface area contributed by atoms with Crippen LogP contribution in [0.4, 0.5) is 0 Å². The van der Waals surface area contributed by atoms with Crippen molar-refractivity contribution < 1.29 is 14.3 Å². The Kier molecular flexibility index (Phi) is 6.83. The first-order valence-corrected chi connectivity index (χ1v) is 9.44. The second kappa shape index (κ2) is 8.66. The molecule has 1 heterocycles. The highest BCUT2D eigenvalue weighted by Gasteiger charge is 2.34. The number of benzene rings is 1. The summed E-state index contributed by atoms with van der Waals surface area (Å²) >= 11 is 7.53. The van der Waals surface area contributed by atoms with Crippen molar-refractivity contribution >= 4 is 51.9 Å². The molecule has 5 nitrogen and oxygen atoms in total. The lowest BCUT2D eigenvalue weighted by Crippen LogP contribution is -2.30. The molecule has 1 saturated heterocycles. The predicted molar refractivity (Wildman–Crippen MR) is 112 cm³/mol. The summed E-state index contributed by atoms with van der Waals surface area (Å²) in [5.41, 5.74) is 1.40. The number of ether oxygens (including phenoxy) is 2. The Balaban J connectivity index is 2.44. The number of halogens is 1. The Morgan fingerprint density at radius 2 is 2.04 bits per heavy atom. The zero-order valence-corrected chi connectivity index (χ0v) is 17.5. The van der Waals surface area contributed by atoms with Crippen LogP contribution in [0, 0.1) is 3.57 Å². The molecule has 134 valence electrons. The van der Waals surface area contributed by atoms with Gasteiger partial charge in [0.15, 0.2) is 16.6 Å². The van der Waals surface area contributed by atoms with Crippen LogP contribution < -0.4 is 9.47 Å². The fourth-order valence-electron chi connectivity index (χ4n) is 2.46. The van der Waals surface area contributed by atoms with Crippen LogP contribution in [-0.4, -0.2) is 47.6 Å². The minimum absolute atomic E-state index is 0.0880. The van der Waals surface area contributed by atoms with Crippen LogP contribution in [0.1, 0.15) is 19.4 Å². The fourth-order valence-corrected chi connectivity index (χ4v) is 3.56. The third-order valence-electron chi connectivity index (χ3n) is 3.64. The zero-order valence-electron chi connectivity index (χ0n) is 14.5. The molecular weight excluding hydrogens is 451 g/mol. The molecule has 0 N–H and O–H groups in total. The van der Waals surface area contributed by atoms with Gasteiger partial charge in [0, 0.05) is 13.6 Å². The lowest BCUT2D eigenvalue weighted by molar-refractivity contribution is -0.122. The lowest BCUT2D eigenvalue weighted by atomic mass is 10.1. The van der Waals surface area contributed by atoms with Crippen molar-refractivity contribution in [3.63, 3.8) is 0 Å². The van der Waals surface area contributed by atoms with Gasteiger partial charge in [0.25, 0.3) is 5.91 Å². The number of carbonyl (C=O) groups excluding carboxylic acids is 1. The molecule has 1 aliphatic heterocycles. The van der Waals surface area contributed by atoms with Gasteiger partial charge < -0.3 is 14.4 Å². The number of rotatable bonds is 7. The predicted octanol–water partition coefficient (Wildman–Crippen LogP) is 3.67. The Hall–Kier alpha value is -1.61.